The van der Waals surface area contributed by atoms with Crippen molar-refractivity contribution >= 4 is 11.8 Å². The van der Waals surface area contributed by atoms with E-state index in [2.05, 4.69) is 10.3 Å². The summed E-state index contributed by atoms with van der Waals surface area (Å²) in [4.78, 5) is 30.7. The van der Waals surface area contributed by atoms with E-state index in [0.717, 1.165) is 37.9 Å². The first-order chi connectivity index (χ1) is 13.6. The molecule has 4 rings (SSSR count). The van der Waals surface area contributed by atoms with Gasteiger partial charge in [-0.05, 0) is 44.4 Å². The zero-order valence-electron chi connectivity index (χ0n) is 15.8. The number of aryl methyl sites for hydroxylation is 1. The van der Waals surface area contributed by atoms with Crippen LogP contribution in [-0.4, -0.2) is 48.1 Å². The third kappa shape index (κ3) is 3.95. The zero-order chi connectivity index (χ0) is 19.5. The van der Waals surface area contributed by atoms with Crippen molar-refractivity contribution in [3.05, 3.63) is 29.7 Å². The van der Waals surface area contributed by atoms with Gasteiger partial charge in [-0.1, -0.05) is 0 Å². The number of nitrogens with one attached hydrogen (secondary N) is 1. The fraction of sp³-hybridized carbons (Fsp3) is 0.450. The van der Waals surface area contributed by atoms with E-state index >= 15 is 0 Å². The van der Waals surface area contributed by atoms with Crippen molar-refractivity contribution in [1.29, 1.82) is 0 Å². The largest absolute Gasteiger partial charge is 0.454 e. The van der Waals surface area contributed by atoms with E-state index in [1.165, 1.54) is 0 Å². The first-order valence-corrected chi connectivity index (χ1v) is 9.51. The molecule has 2 aliphatic rings. The fourth-order valence-electron chi connectivity index (χ4n) is 3.39. The Morgan fingerprint density at radius 2 is 1.93 bits per heavy atom. The number of ether oxygens (including phenoxy) is 2. The number of piperidine rings is 1. The second-order valence-corrected chi connectivity index (χ2v) is 6.98. The smallest absolute Gasteiger partial charge is 0.241 e. The van der Waals surface area contributed by atoms with Crippen molar-refractivity contribution in [2.24, 2.45) is 0 Å². The van der Waals surface area contributed by atoms with Crippen molar-refractivity contribution < 1.29 is 23.5 Å². The molecule has 0 aliphatic carbocycles. The van der Waals surface area contributed by atoms with Crippen LogP contribution in [-0.2, 0) is 16.0 Å². The highest BCUT2D eigenvalue weighted by Crippen LogP contribution is 2.36. The lowest BCUT2D eigenvalue weighted by atomic mass is 10.1. The third-order valence-corrected chi connectivity index (χ3v) is 4.99. The lowest BCUT2D eigenvalue weighted by molar-refractivity contribution is -0.133. The summed E-state index contributed by atoms with van der Waals surface area (Å²) in [6.07, 6.45) is 3.28. The van der Waals surface area contributed by atoms with Crippen LogP contribution in [0.2, 0.25) is 0 Å². The van der Waals surface area contributed by atoms with E-state index in [1.807, 2.05) is 11.0 Å². The molecule has 3 heterocycles. The number of fused-ring (bicyclic) bond motifs is 1. The van der Waals surface area contributed by atoms with Gasteiger partial charge in [-0.2, -0.15) is 0 Å². The molecule has 0 spiro atoms. The molecule has 0 atom stereocenters. The Morgan fingerprint density at radius 1 is 1.14 bits per heavy atom. The number of aromatic nitrogens is 1. The second kappa shape index (κ2) is 7.92. The number of likely N-dealkylation sites (tertiary alicyclic amines) is 1. The summed E-state index contributed by atoms with van der Waals surface area (Å²) in [6, 6.07) is 5.43. The van der Waals surface area contributed by atoms with Gasteiger partial charge in [-0.3, -0.25) is 9.59 Å². The highest BCUT2D eigenvalue weighted by Gasteiger charge is 2.20. The van der Waals surface area contributed by atoms with E-state index in [0.29, 0.717) is 28.8 Å². The molecule has 0 unspecified atom stereocenters. The molecule has 0 bridgehead atoms. The van der Waals surface area contributed by atoms with Gasteiger partial charge in [0.05, 0.1) is 18.7 Å². The van der Waals surface area contributed by atoms with E-state index in [9.17, 15) is 9.59 Å². The van der Waals surface area contributed by atoms with Crippen LogP contribution in [0.15, 0.2) is 22.6 Å². The fourth-order valence-corrected chi connectivity index (χ4v) is 3.39. The van der Waals surface area contributed by atoms with Crippen molar-refractivity contribution in [3.8, 4) is 23.0 Å². The van der Waals surface area contributed by atoms with Gasteiger partial charge in [0, 0.05) is 18.7 Å². The highest BCUT2D eigenvalue weighted by molar-refractivity contribution is 5.85. The average Bonchev–Trinajstić information content (AvgIpc) is 3.33. The summed E-state index contributed by atoms with van der Waals surface area (Å²) in [6.45, 7) is 3.53. The summed E-state index contributed by atoms with van der Waals surface area (Å²) >= 11 is 0. The molecule has 1 aromatic heterocycles. The lowest BCUT2D eigenvalue weighted by Crippen LogP contribution is -2.42. The van der Waals surface area contributed by atoms with E-state index in [1.54, 1.807) is 19.1 Å². The number of rotatable bonds is 5. The van der Waals surface area contributed by atoms with Gasteiger partial charge >= 0.3 is 0 Å². The van der Waals surface area contributed by atoms with Gasteiger partial charge in [0.25, 0.3) is 0 Å². The van der Waals surface area contributed by atoms with Crippen LogP contribution in [0.1, 0.15) is 30.7 Å². The van der Waals surface area contributed by atoms with Crippen molar-refractivity contribution in [3.63, 3.8) is 0 Å². The number of hydrogen-bond acceptors (Lipinski definition) is 6. The molecular weight excluding hydrogens is 362 g/mol. The van der Waals surface area contributed by atoms with E-state index < -0.39 is 0 Å². The van der Waals surface area contributed by atoms with Crippen molar-refractivity contribution in [1.82, 2.24) is 15.2 Å². The van der Waals surface area contributed by atoms with Crippen molar-refractivity contribution in [2.45, 2.75) is 32.6 Å². The SMILES string of the molecule is Cc1oc(-c2ccc3c(c2)OCO3)nc1CC(=O)NCC(=O)N1CCCCC1. The topological polar surface area (TPSA) is 93.9 Å². The Labute approximate surface area is 162 Å². The number of benzene rings is 1. The van der Waals surface area contributed by atoms with Gasteiger partial charge in [0.2, 0.25) is 24.5 Å². The summed E-state index contributed by atoms with van der Waals surface area (Å²) in [5.74, 6) is 2.03. The second-order valence-electron chi connectivity index (χ2n) is 6.98. The highest BCUT2D eigenvalue weighted by atomic mass is 16.7. The van der Waals surface area contributed by atoms with Crippen LogP contribution in [0.25, 0.3) is 11.5 Å². The molecule has 2 aliphatic heterocycles. The van der Waals surface area contributed by atoms with E-state index in [-0.39, 0.29) is 31.6 Å². The molecule has 2 aromatic rings. The molecule has 0 radical (unpaired) electrons. The maximum absolute atomic E-state index is 12.3. The predicted molar refractivity (Wildman–Crippen MR) is 99.9 cm³/mol. The summed E-state index contributed by atoms with van der Waals surface area (Å²) in [5.41, 5.74) is 1.30. The molecular formula is C20H23N3O5. The van der Waals surface area contributed by atoms with Gasteiger partial charge in [-0.25, -0.2) is 4.98 Å². The predicted octanol–water partition coefficient (Wildman–Crippen LogP) is 2.05. The van der Waals surface area contributed by atoms with Crippen LogP contribution in [0.5, 0.6) is 11.5 Å². The monoisotopic (exact) mass is 385 g/mol. The Morgan fingerprint density at radius 3 is 2.75 bits per heavy atom. The molecule has 1 fully saturated rings. The number of amides is 2. The molecule has 0 saturated carbocycles. The van der Waals surface area contributed by atoms with Gasteiger partial charge in [-0.15, -0.1) is 0 Å². The molecule has 2 amide bonds. The van der Waals surface area contributed by atoms with E-state index in [4.69, 9.17) is 13.9 Å². The third-order valence-electron chi connectivity index (χ3n) is 4.99. The molecule has 8 nitrogen and oxygen atoms in total. The quantitative estimate of drug-likeness (QED) is 0.847. The minimum absolute atomic E-state index is 0.0186. The van der Waals surface area contributed by atoms with Crippen LogP contribution in [0, 0.1) is 6.92 Å². The van der Waals surface area contributed by atoms with Crippen LogP contribution >= 0.6 is 0 Å². The number of carbonyl (C=O) groups excluding carboxylic acids is 2. The number of oxazole rings is 1. The Bertz CT molecular complexity index is 886. The van der Waals surface area contributed by atoms with Crippen molar-refractivity contribution in [2.75, 3.05) is 26.4 Å². The normalized spacial score (nSPS) is 15.5. The van der Waals surface area contributed by atoms with Gasteiger partial charge in [0.15, 0.2) is 11.5 Å². The first kappa shape index (κ1) is 18.3. The first-order valence-electron chi connectivity index (χ1n) is 9.51. The Kier molecular flexibility index (Phi) is 5.18. The minimum Gasteiger partial charge on any atom is -0.454 e. The van der Waals surface area contributed by atoms with Gasteiger partial charge in [0.1, 0.15) is 5.76 Å². The zero-order valence-corrected chi connectivity index (χ0v) is 15.8. The number of nitrogens with zero attached hydrogens (tertiary/aromatic N) is 2. The van der Waals surface area contributed by atoms with Crippen LogP contribution in [0.4, 0.5) is 0 Å². The molecule has 1 saturated heterocycles. The standard InChI is InChI=1S/C20H23N3O5/c1-13-15(10-18(24)21-11-19(25)23-7-3-2-4-8-23)22-20(28-13)14-5-6-16-17(9-14)27-12-26-16/h5-6,9H,2-4,7-8,10-12H2,1H3,(H,21,24). The average molecular weight is 385 g/mol. The summed E-state index contributed by atoms with van der Waals surface area (Å²) < 4.78 is 16.4. The molecule has 8 heteroatoms. The van der Waals surface area contributed by atoms with Crippen LogP contribution in [0.3, 0.4) is 0 Å². The molecule has 148 valence electrons. The minimum atomic E-state index is -0.251. The maximum atomic E-state index is 12.3. The van der Waals surface area contributed by atoms with Crippen LogP contribution < -0.4 is 14.8 Å². The molecule has 1 N–H and O–H groups in total. The van der Waals surface area contributed by atoms with Gasteiger partial charge < -0.3 is 24.1 Å². The Hall–Kier alpha value is -3.03. The summed E-state index contributed by atoms with van der Waals surface area (Å²) in [5, 5.41) is 2.69. The number of carbonyl (C=O) groups is 2. The summed E-state index contributed by atoms with van der Waals surface area (Å²) in [7, 11) is 0. The maximum Gasteiger partial charge on any atom is 0.241 e. The molecule has 28 heavy (non-hydrogen) atoms. The molecule has 1 aromatic carbocycles. The lowest BCUT2D eigenvalue weighted by Gasteiger charge is -2.26. The Balaban J connectivity index is 1.36. The number of hydrogen-bond donors (Lipinski definition) is 1.